The van der Waals surface area contributed by atoms with Crippen molar-refractivity contribution in [1.82, 2.24) is 0 Å². The highest BCUT2D eigenvalue weighted by Gasteiger charge is 2.25. The molecule has 0 aliphatic heterocycles. The van der Waals surface area contributed by atoms with Gasteiger partial charge in [0.15, 0.2) is 6.10 Å². The van der Waals surface area contributed by atoms with E-state index in [9.17, 15) is 19.5 Å². The van der Waals surface area contributed by atoms with Crippen LogP contribution in [0.5, 0.6) is 0 Å². The van der Waals surface area contributed by atoms with Gasteiger partial charge in [-0.15, -0.1) is 0 Å². The Kier molecular flexibility index (Phi) is 46.2. The number of ether oxygens (including phenoxy) is 3. The highest BCUT2D eigenvalue weighted by atomic mass is 16.6. The van der Waals surface area contributed by atoms with E-state index in [-0.39, 0.29) is 42.7 Å². The van der Waals surface area contributed by atoms with Gasteiger partial charge >= 0.3 is 11.9 Å². The van der Waals surface area contributed by atoms with Gasteiger partial charge in [-0.05, 0) is 38.5 Å². The Labute approximate surface area is 402 Å². The number of allylic oxidation sites excluding steroid dienone is 6. The predicted molar refractivity (Wildman–Crippen MR) is 273 cm³/mol. The third-order valence-electron chi connectivity index (χ3n) is 12.6. The molecule has 380 valence electrons. The van der Waals surface area contributed by atoms with Crippen LogP contribution in [0, 0.1) is 0 Å². The number of carboxylic acid groups (broad SMARTS) is 1. The molecule has 0 amide bonds. The summed E-state index contributed by atoms with van der Waals surface area (Å²) in [4.78, 5) is 37.1. The number of likely N-dealkylation sites (N-methyl/N-ethyl adjacent to an activating group) is 1. The normalized spacial score (nSPS) is 13.1. The summed E-state index contributed by atoms with van der Waals surface area (Å²) >= 11 is 0. The van der Waals surface area contributed by atoms with Crippen molar-refractivity contribution in [2.75, 3.05) is 41.0 Å². The lowest BCUT2D eigenvalue weighted by Crippen LogP contribution is -2.55. The zero-order chi connectivity index (χ0) is 47.7. The quantitative estimate of drug-likeness (QED) is 0.0259. The first kappa shape index (κ1) is 62.5. The standard InChI is InChI=1S/C57H105NO7/c1-6-8-10-12-14-16-18-20-22-24-26-27-28-29-30-32-34-36-38-40-42-44-46-48-56(60)65-53(51-63-50-49-54(57(61)62)58(3,4)5)52-64-55(59)47-45-43-41-39-37-35-33-31-25-23-21-19-17-15-13-11-9-7-2/h19,21,23,25,31,33,53-54H,6-18,20,22,24,26-30,32,34-52H2,1-5H3/b21-19+,25-23+,33-31+. The van der Waals surface area contributed by atoms with Crippen molar-refractivity contribution in [2.45, 2.75) is 270 Å². The molecule has 2 unspecified atom stereocenters. The Morgan fingerprint density at radius 1 is 0.462 bits per heavy atom. The van der Waals surface area contributed by atoms with E-state index in [1.54, 1.807) is 21.1 Å². The maximum atomic E-state index is 12.8. The minimum Gasteiger partial charge on any atom is -0.544 e. The zero-order valence-corrected chi connectivity index (χ0v) is 43.4. The largest absolute Gasteiger partial charge is 0.544 e. The summed E-state index contributed by atoms with van der Waals surface area (Å²) in [7, 11) is 5.42. The summed E-state index contributed by atoms with van der Waals surface area (Å²) in [6.45, 7) is 4.67. The number of carbonyl (C=O) groups is 3. The highest BCUT2D eigenvalue weighted by Crippen LogP contribution is 2.17. The maximum absolute atomic E-state index is 12.8. The van der Waals surface area contributed by atoms with Crippen LogP contribution >= 0.6 is 0 Å². The number of aliphatic carboxylic acids is 1. The second-order valence-corrected chi connectivity index (χ2v) is 19.9. The number of hydrogen-bond donors (Lipinski definition) is 0. The smallest absolute Gasteiger partial charge is 0.306 e. The third kappa shape index (κ3) is 46.4. The van der Waals surface area contributed by atoms with E-state index in [4.69, 9.17) is 14.2 Å². The number of nitrogens with zero attached hydrogens (tertiary/aromatic N) is 1. The van der Waals surface area contributed by atoms with Crippen LogP contribution in [0.25, 0.3) is 0 Å². The molecule has 65 heavy (non-hydrogen) atoms. The number of rotatable bonds is 50. The number of carbonyl (C=O) groups excluding carboxylic acids is 3. The van der Waals surface area contributed by atoms with Crippen LogP contribution < -0.4 is 5.11 Å². The summed E-state index contributed by atoms with van der Waals surface area (Å²) in [6.07, 6.45) is 57.5. The molecular formula is C57H105NO7. The minimum absolute atomic E-state index is 0.0372. The number of unbranched alkanes of at least 4 members (excludes halogenated alkanes) is 32. The van der Waals surface area contributed by atoms with Crippen LogP contribution in [0.3, 0.4) is 0 Å². The molecule has 8 heteroatoms. The third-order valence-corrected chi connectivity index (χ3v) is 12.6. The van der Waals surface area contributed by atoms with Gasteiger partial charge < -0.3 is 28.6 Å². The van der Waals surface area contributed by atoms with E-state index in [0.29, 0.717) is 12.8 Å². The molecule has 0 aromatic heterocycles. The number of hydrogen-bond acceptors (Lipinski definition) is 7. The lowest BCUT2D eigenvalue weighted by Gasteiger charge is -2.34. The van der Waals surface area contributed by atoms with Gasteiger partial charge in [-0.2, -0.15) is 0 Å². The number of quaternary nitrogens is 1. The first-order chi connectivity index (χ1) is 31.6. The number of esters is 2. The van der Waals surface area contributed by atoms with Gasteiger partial charge in [0.1, 0.15) is 12.6 Å². The van der Waals surface area contributed by atoms with Gasteiger partial charge in [0.25, 0.3) is 0 Å². The molecule has 0 rings (SSSR count). The van der Waals surface area contributed by atoms with Crippen LogP contribution in [-0.4, -0.2) is 75.5 Å². The van der Waals surface area contributed by atoms with Crippen molar-refractivity contribution >= 4 is 17.9 Å². The highest BCUT2D eigenvalue weighted by molar-refractivity contribution is 5.70. The molecule has 0 aromatic carbocycles. The van der Waals surface area contributed by atoms with E-state index >= 15 is 0 Å². The molecule has 0 aliphatic rings. The molecule has 0 fully saturated rings. The van der Waals surface area contributed by atoms with Gasteiger partial charge in [-0.3, -0.25) is 9.59 Å². The lowest BCUT2D eigenvalue weighted by molar-refractivity contribution is -0.889. The van der Waals surface area contributed by atoms with Crippen LogP contribution in [0.15, 0.2) is 36.5 Å². The van der Waals surface area contributed by atoms with Crippen LogP contribution in [-0.2, 0) is 28.6 Å². The zero-order valence-electron chi connectivity index (χ0n) is 43.4. The topological polar surface area (TPSA) is 102 Å². The fraction of sp³-hybridized carbons (Fsp3) is 0.842. The van der Waals surface area contributed by atoms with Gasteiger partial charge in [-0.25, -0.2) is 0 Å². The van der Waals surface area contributed by atoms with Crippen LogP contribution in [0.2, 0.25) is 0 Å². The van der Waals surface area contributed by atoms with Gasteiger partial charge in [-0.1, -0.05) is 237 Å². The molecule has 8 nitrogen and oxygen atoms in total. The van der Waals surface area contributed by atoms with Gasteiger partial charge in [0.05, 0.1) is 40.3 Å². The molecule has 0 bridgehead atoms. The predicted octanol–water partition coefficient (Wildman–Crippen LogP) is 14.8. The summed E-state index contributed by atoms with van der Waals surface area (Å²) in [5, 5.41) is 11.7. The first-order valence-electron chi connectivity index (χ1n) is 27.5. The Morgan fingerprint density at radius 2 is 0.815 bits per heavy atom. The Balaban J connectivity index is 4.20. The molecule has 0 spiro atoms. The van der Waals surface area contributed by atoms with Crippen LogP contribution in [0.4, 0.5) is 0 Å². The Hall–Kier alpha value is -2.45. The molecule has 0 radical (unpaired) electrons. The summed E-state index contributed by atoms with van der Waals surface area (Å²) in [6, 6.07) is -0.728. The van der Waals surface area contributed by atoms with E-state index in [2.05, 4.69) is 50.3 Å². The molecular weight excluding hydrogens is 811 g/mol. The van der Waals surface area contributed by atoms with E-state index in [1.807, 2.05) is 0 Å². The fourth-order valence-electron chi connectivity index (χ4n) is 8.31. The molecule has 0 saturated heterocycles. The van der Waals surface area contributed by atoms with E-state index in [0.717, 1.165) is 64.2 Å². The summed E-state index contributed by atoms with van der Waals surface area (Å²) < 4.78 is 17.3. The van der Waals surface area contributed by atoms with Gasteiger partial charge in [0.2, 0.25) is 0 Å². The Morgan fingerprint density at radius 3 is 1.18 bits per heavy atom. The summed E-state index contributed by atoms with van der Waals surface area (Å²) in [5.41, 5.74) is 0. The summed E-state index contributed by atoms with van der Waals surface area (Å²) in [5.74, 6) is -1.74. The minimum atomic E-state index is -1.12. The van der Waals surface area contributed by atoms with Crippen molar-refractivity contribution in [3.05, 3.63) is 36.5 Å². The molecule has 0 N–H and O–H groups in total. The number of carboxylic acids is 1. The van der Waals surface area contributed by atoms with Crippen molar-refractivity contribution in [3.63, 3.8) is 0 Å². The van der Waals surface area contributed by atoms with Gasteiger partial charge in [0, 0.05) is 19.3 Å². The average molecular weight is 916 g/mol. The molecule has 0 heterocycles. The van der Waals surface area contributed by atoms with Crippen molar-refractivity contribution in [2.24, 2.45) is 0 Å². The Bertz CT molecular complexity index is 1160. The fourth-order valence-corrected chi connectivity index (χ4v) is 8.31. The lowest BCUT2D eigenvalue weighted by atomic mass is 10.0. The second kappa shape index (κ2) is 48.0. The molecule has 0 aliphatic carbocycles. The molecule has 0 aromatic rings. The molecule has 0 saturated carbocycles. The first-order valence-corrected chi connectivity index (χ1v) is 27.5. The molecule has 2 atom stereocenters. The second-order valence-electron chi connectivity index (χ2n) is 19.9. The van der Waals surface area contributed by atoms with Crippen LogP contribution in [0.1, 0.15) is 258 Å². The van der Waals surface area contributed by atoms with Crippen molar-refractivity contribution in [1.29, 1.82) is 0 Å². The maximum Gasteiger partial charge on any atom is 0.306 e. The van der Waals surface area contributed by atoms with E-state index in [1.165, 1.54) is 161 Å². The van der Waals surface area contributed by atoms with E-state index < -0.39 is 18.1 Å². The van der Waals surface area contributed by atoms with Crippen molar-refractivity contribution < 1.29 is 38.2 Å². The SMILES string of the molecule is CCCCCCC/C=C/C=C/C=C/CCCCCCCC(=O)OCC(COCCC(C(=O)[O-])[N+](C)(C)C)OC(=O)CCCCCCCCCCCCCCCCCCCCCCCCC. The van der Waals surface area contributed by atoms with Crippen molar-refractivity contribution in [3.8, 4) is 0 Å². The average Bonchev–Trinajstić information content (AvgIpc) is 3.27. The monoisotopic (exact) mass is 916 g/mol.